The molecular weight excluding hydrogens is 521 g/mol. The average Bonchev–Trinajstić information content (AvgIpc) is 3.38. The van der Waals surface area contributed by atoms with E-state index in [0.29, 0.717) is 42.7 Å². The first-order valence-electron chi connectivity index (χ1n) is 11.9. The highest BCUT2D eigenvalue weighted by atomic mass is 35.5. The second kappa shape index (κ2) is 11.7. The maximum Gasteiger partial charge on any atom is 0.270 e. The standard InChI is InChI=1S/C25H25Cl2N5O5/c1-2-12-30(25(34)19-11-10-18(32(35)36)14-20(19)27)15-22(33)31-13-4-3-5-21(31)24-28-23(29-37-24)16-6-8-17(26)9-7-16/h6-11,14,21H,2-5,12-13,15H2,1H3. The molecule has 0 radical (unpaired) electrons. The number of hydrogen-bond donors (Lipinski definition) is 0. The van der Waals surface area contributed by atoms with Crippen LogP contribution in [0, 0.1) is 10.1 Å². The smallest absolute Gasteiger partial charge is 0.270 e. The average molecular weight is 546 g/mol. The van der Waals surface area contributed by atoms with Crippen molar-refractivity contribution in [2.24, 2.45) is 0 Å². The van der Waals surface area contributed by atoms with Gasteiger partial charge in [0.2, 0.25) is 17.6 Å². The van der Waals surface area contributed by atoms with E-state index in [1.807, 2.05) is 6.92 Å². The van der Waals surface area contributed by atoms with E-state index in [0.717, 1.165) is 24.5 Å². The van der Waals surface area contributed by atoms with Crippen LogP contribution in [0.1, 0.15) is 54.9 Å². The van der Waals surface area contributed by atoms with Gasteiger partial charge in [-0.2, -0.15) is 4.98 Å². The molecule has 0 N–H and O–H groups in total. The summed E-state index contributed by atoms with van der Waals surface area (Å²) in [5.74, 6) is 0.0206. The van der Waals surface area contributed by atoms with Crippen LogP contribution >= 0.6 is 23.2 Å². The van der Waals surface area contributed by atoms with Crippen molar-refractivity contribution in [2.75, 3.05) is 19.6 Å². The van der Waals surface area contributed by atoms with Gasteiger partial charge in [0.1, 0.15) is 12.6 Å². The summed E-state index contributed by atoms with van der Waals surface area (Å²) in [4.78, 5) is 44.7. The second-order valence-corrected chi connectivity index (χ2v) is 9.55. The predicted molar refractivity (Wildman–Crippen MR) is 137 cm³/mol. The molecule has 1 saturated heterocycles. The van der Waals surface area contributed by atoms with Crippen LogP contribution in [0.15, 0.2) is 47.0 Å². The first-order chi connectivity index (χ1) is 17.8. The molecule has 1 aromatic heterocycles. The molecule has 0 aliphatic carbocycles. The monoisotopic (exact) mass is 545 g/mol. The SMILES string of the molecule is CCCN(CC(=O)N1CCCCC1c1nc(-c2ccc(Cl)cc2)no1)C(=O)c1ccc([N+](=O)[O-])cc1Cl. The maximum absolute atomic E-state index is 13.5. The summed E-state index contributed by atoms with van der Waals surface area (Å²) in [6.07, 6.45) is 2.98. The summed E-state index contributed by atoms with van der Waals surface area (Å²) < 4.78 is 5.54. The molecule has 1 aliphatic heterocycles. The van der Waals surface area contributed by atoms with Crippen molar-refractivity contribution in [1.82, 2.24) is 19.9 Å². The number of nitrogens with zero attached hydrogens (tertiary/aromatic N) is 5. The summed E-state index contributed by atoms with van der Waals surface area (Å²) in [5, 5.41) is 15.6. The zero-order chi connectivity index (χ0) is 26.5. The van der Waals surface area contributed by atoms with Crippen LogP contribution in [0.3, 0.4) is 0 Å². The summed E-state index contributed by atoms with van der Waals surface area (Å²) in [7, 11) is 0. The van der Waals surface area contributed by atoms with E-state index >= 15 is 0 Å². The topological polar surface area (TPSA) is 123 Å². The van der Waals surface area contributed by atoms with Gasteiger partial charge in [0.05, 0.1) is 15.5 Å². The van der Waals surface area contributed by atoms with E-state index < -0.39 is 16.9 Å². The molecule has 194 valence electrons. The van der Waals surface area contributed by atoms with E-state index in [2.05, 4.69) is 10.1 Å². The van der Waals surface area contributed by atoms with Crippen molar-refractivity contribution in [1.29, 1.82) is 0 Å². The molecule has 2 heterocycles. The number of amides is 2. The third-order valence-corrected chi connectivity index (χ3v) is 6.72. The number of piperidine rings is 1. The van der Waals surface area contributed by atoms with Gasteiger partial charge in [0, 0.05) is 35.8 Å². The fourth-order valence-corrected chi connectivity index (χ4v) is 4.69. The Bertz CT molecular complexity index is 1300. The van der Waals surface area contributed by atoms with Crippen molar-refractivity contribution >= 4 is 40.7 Å². The van der Waals surface area contributed by atoms with E-state index in [1.165, 1.54) is 17.0 Å². The fraction of sp³-hybridized carbons (Fsp3) is 0.360. The number of carbonyl (C=O) groups excluding carboxylic acids is 2. The van der Waals surface area contributed by atoms with E-state index in [-0.39, 0.29) is 28.7 Å². The van der Waals surface area contributed by atoms with E-state index in [1.54, 1.807) is 29.2 Å². The number of nitro groups is 1. The minimum absolute atomic E-state index is 0.0378. The molecule has 1 aliphatic rings. The van der Waals surface area contributed by atoms with Crippen molar-refractivity contribution in [3.05, 3.63) is 74.1 Å². The van der Waals surface area contributed by atoms with Gasteiger partial charge in [-0.1, -0.05) is 35.3 Å². The van der Waals surface area contributed by atoms with Crippen molar-refractivity contribution in [2.45, 2.75) is 38.6 Å². The second-order valence-electron chi connectivity index (χ2n) is 8.71. The van der Waals surface area contributed by atoms with Crippen LogP contribution in [-0.2, 0) is 4.79 Å². The van der Waals surface area contributed by atoms with Crippen LogP contribution in [0.5, 0.6) is 0 Å². The Hall–Kier alpha value is -3.50. The molecule has 0 spiro atoms. The number of hydrogen-bond acceptors (Lipinski definition) is 7. The Morgan fingerprint density at radius 3 is 2.62 bits per heavy atom. The Kier molecular flexibility index (Phi) is 8.40. The van der Waals surface area contributed by atoms with Gasteiger partial charge in [-0.15, -0.1) is 0 Å². The first-order valence-corrected chi connectivity index (χ1v) is 12.7. The van der Waals surface area contributed by atoms with Crippen molar-refractivity contribution in [3.63, 3.8) is 0 Å². The Labute approximate surface area is 223 Å². The molecule has 0 saturated carbocycles. The summed E-state index contributed by atoms with van der Waals surface area (Å²) in [5.41, 5.74) is 0.634. The molecule has 10 nitrogen and oxygen atoms in total. The lowest BCUT2D eigenvalue weighted by Gasteiger charge is -2.35. The maximum atomic E-state index is 13.5. The highest BCUT2D eigenvalue weighted by molar-refractivity contribution is 6.34. The summed E-state index contributed by atoms with van der Waals surface area (Å²) >= 11 is 12.1. The van der Waals surface area contributed by atoms with E-state index in [4.69, 9.17) is 27.7 Å². The summed E-state index contributed by atoms with van der Waals surface area (Å²) in [6, 6.07) is 10.3. The quantitative estimate of drug-likeness (QED) is 0.268. The normalized spacial score (nSPS) is 15.4. The molecule has 2 aromatic carbocycles. The number of benzene rings is 2. The van der Waals surface area contributed by atoms with Gasteiger partial charge in [0.25, 0.3) is 11.6 Å². The lowest BCUT2D eigenvalue weighted by Crippen LogP contribution is -2.46. The molecule has 1 fully saturated rings. The molecule has 1 unspecified atom stereocenters. The van der Waals surface area contributed by atoms with Gasteiger partial charge in [-0.05, 0) is 56.0 Å². The van der Waals surface area contributed by atoms with Crippen LogP contribution < -0.4 is 0 Å². The highest BCUT2D eigenvalue weighted by Gasteiger charge is 2.34. The lowest BCUT2D eigenvalue weighted by atomic mass is 10.0. The molecule has 1 atom stereocenters. The van der Waals surface area contributed by atoms with E-state index in [9.17, 15) is 19.7 Å². The minimum atomic E-state index is -0.583. The number of rotatable bonds is 8. The molecule has 37 heavy (non-hydrogen) atoms. The van der Waals surface area contributed by atoms with Crippen LogP contribution in [0.2, 0.25) is 10.0 Å². The van der Waals surface area contributed by atoms with Crippen molar-refractivity contribution in [3.8, 4) is 11.4 Å². The number of likely N-dealkylation sites (tertiary alicyclic amines) is 1. The lowest BCUT2D eigenvalue weighted by molar-refractivity contribution is -0.384. The zero-order valence-corrected chi connectivity index (χ0v) is 21.6. The number of carbonyl (C=O) groups is 2. The zero-order valence-electron chi connectivity index (χ0n) is 20.1. The number of nitro benzene ring substituents is 1. The van der Waals surface area contributed by atoms with Crippen LogP contribution in [0.4, 0.5) is 5.69 Å². The van der Waals surface area contributed by atoms with Gasteiger partial charge >= 0.3 is 0 Å². The van der Waals surface area contributed by atoms with Gasteiger partial charge < -0.3 is 14.3 Å². The third-order valence-electron chi connectivity index (χ3n) is 6.15. The molecular formula is C25H25Cl2N5O5. The van der Waals surface area contributed by atoms with Gasteiger partial charge in [0.15, 0.2) is 0 Å². The molecule has 4 rings (SSSR count). The molecule has 12 heteroatoms. The van der Waals surface area contributed by atoms with Crippen molar-refractivity contribution < 1.29 is 19.0 Å². The fourth-order valence-electron chi connectivity index (χ4n) is 4.31. The number of halogens is 2. The number of non-ortho nitro benzene ring substituents is 1. The highest BCUT2D eigenvalue weighted by Crippen LogP contribution is 2.32. The van der Waals surface area contributed by atoms with Crippen LogP contribution in [0.25, 0.3) is 11.4 Å². The molecule has 3 aromatic rings. The Morgan fingerprint density at radius 1 is 1.19 bits per heavy atom. The number of aromatic nitrogens is 2. The molecule has 0 bridgehead atoms. The molecule has 2 amide bonds. The third kappa shape index (κ3) is 6.08. The predicted octanol–water partition coefficient (Wildman–Crippen LogP) is 5.56. The summed E-state index contributed by atoms with van der Waals surface area (Å²) in [6.45, 7) is 2.53. The minimum Gasteiger partial charge on any atom is -0.337 e. The Balaban J connectivity index is 1.52. The first kappa shape index (κ1) is 26.6. The Morgan fingerprint density at radius 2 is 1.95 bits per heavy atom. The largest absolute Gasteiger partial charge is 0.337 e. The van der Waals surface area contributed by atoms with Gasteiger partial charge in [-0.25, -0.2) is 0 Å². The van der Waals surface area contributed by atoms with Crippen LogP contribution in [-0.4, -0.2) is 56.3 Å². The van der Waals surface area contributed by atoms with Gasteiger partial charge in [-0.3, -0.25) is 19.7 Å².